The number of thiazole rings is 1. The zero-order chi connectivity index (χ0) is 23.7. The predicted molar refractivity (Wildman–Crippen MR) is 133 cm³/mol. The Labute approximate surface area is 199 Å². The van der Waals surface area contributed by atoms with Crippen LogP contribution < -0.4 is 15.8 Å². The highest BCUT2D eigenvalue weighted by Crippen LogP contribution is 2.39. The first-order valence-corrected chi connectivity index (χ1v) is 11.5. The molecule has 3 heterocycles. The van der Waals surface area contributed by atoms with Crippen molar-refractivity contribution < 1.29 is 9.13 Å². The molecule has 0 atom stereocenters. The molecule has 3 N–H and O–H groups in total. The lowest BCUT2D eigenvalue weighted by atomic mass is 10.0. The van der Waals surface area contributed by atoms with Crippen LogP contribution in [0.5, 0.6) is 11.6 Å². The number of ether oxygens (including phenoxy) is 1. The number of halogens is 1. The number of aromatic nitrogens is 4. The topological polar surface area (TPSA) is 98.8 Å². The van der Waals surface area contributed by atoms with Gasteiger partial charge in [0.1, 0.15) is 11.6 Å². The number of nitrogens with two attached hydrogens (primary N) is 1. The molecular formula is C25H21FN6OS. The van der Waals surface area contributed by atoms with Crippen LogP contribution in [0.2, 0.25) is 0 Å². The maximum atomic E-state index is 14.9. The van der Waals surface area contributed by atoms with Crippen molar-refractivity contribution in [2.24, 2.45) is 0 Å². The summed E-state index contributed by atoms with van der Waals surface area (Å²) < 4.78 is 21.2. The predicted octanol–water partition coefficient (Wildman–Crippen LogP) is 5.89. The van der Waals surface area contributed by atoms with Gasteiger partial charge in [-0.1, -0.05) is 12.1 Å². The summed E-state index contributed by atoms with van der Waals surface area (Å²) in [5, 5.41) is 7.61. The molecule has 0 saturated carbocycles. The smallest absolute Gasteiger partial charge is 0.228 e. The minimum absolute atomic E-state index is 0.162. The van der Waals surface area contributed by atoms with Crippen LogP contribution in [0.3, 0.4) is 0 Å². The average Bonchev–Trinajstić information content (AvgIpc) is 3.25. The van der Waals surface area contributed by atoms with Crippen molar-refractivity contribution in [2.75, 3.05) is 11.1 Å². The van der Waals surface area contributed by atoms with Crippen LogP contribution in [0.15, 0.2) is 60.2 Å². The lowest BCUT2D eigenvalue weighted by Crippen LogP contribution is -2.03. The molecule has 0 fully saturated rings. The fourth-order valence-corrected chi connectivity index (χ4v) is 4.34. The van der Waals surface area contributed by atoms with E-state index in [9.17, 15) is 4.39 Å². The Balaban J connectivity index is 1.56. The Bertz CT molecular complexity index is 1500. The second kappa shape index (κ2) is 9.03. The van der Waals surface area contributed by atoms with Crippen LogP contribution in [0.1, 0.15) is 16.3 Å². The van der Waals surface area contributed by atoms with Crippen molar-refractivity contribution in [3.8, 4) is 22.9 Å². The van der Waals surface area contributed by atoms with Crippen LogP contribution >= 0.6 is 11.3 Å². The second-order valence-corrected chi connectivity index (χ2v) is 8.76. The Hall–Kier alpha value is -4.11. The van der Waals surface area contributed by atoms with Gasteiger partial charge in [-0.25, -0.2) is 24.3 Å². The van der Waals surface area contributed by atoms with Crippen LogP contribution in [-0.4, -0.2) is 19.9 Å². The fraction of sp³-hybridized carbons (Fsp3) is 0.120. The molecule has 34 heavy (non-hydrogen) atoms. The molecule has 0 aliphatic heterocycles. The lowest BCUT2D eigenvalue weighted by molar-refractivity contribution is 0.466. The first-order chi connectivity index (χ1) is 16.5. The largest absolute Gasteiger partial charge is 0.437 e. The van der Waals surface area contributed by atoms with E-state index >= 15 is 0 Å². The normalized spacial score (nSPS) is 11.0. The van der Waals surface area contributed by atoms with Crippen LogP contribution in [0, 0.1) is 19.7 Å². The van der Waals surface area contributed by atoms with Gasteiger partial charge in [-0.3, -0.25) is 0 Å². The number of anilines is 2. The average molecular weight is 473 g/mol. The monoisotopic (exact) mass is 472 g/mol. The number of hydrogen-bond donors (Lipinski definition) is 2. The number of pyridine rings is 1. The standard InChI is InChI=1S/C25H21FN6OS/c1-14-5-6-17-18(7-8-20(26)22(17)30-12-16-13-34-15(2)31-16)23(14)33-24-19(4-3-10-28-24)21-9-11-29-25(27)32-21/h3-11,13,30H,12H2,1-2H3,(H2,27,29,32). The molecule has 0 amide bonds. The van der Waals surface area contributed by atoms with Gasteiger partial charge < -0.3 is 15.8 Å². The molecule has 5 aromatic rings. The Kier molecular flexibility index (Phi) is 5.77. The van der Waals surface area contributed by atoms with Crippen molar-refractivity contribution in [3.05, 3.63) is 82.3 Å². The molecule has 170 valence electrons. The zero-order valence-electron chi connectivity index (χ0n) is 18.5. The van der Waals surface area contributed by atoms with E-state index in [1.54, 1.807) is 41.9 Å². The van der Waals surface area contributed by atoms with E-state index in [-0.39, 0.29) is 11.8 Å². The van der Waals surface area contributed by atoms with Gasteiger partial charge in [-0.05, 0) is 49.7 Å². The number of nitrogens with zero attached hydrogens (tertiary/aromatic N) is 4. The van der Waals surface area contributed by atoms with Crippen molar-refractivity contribution in [3.63, 3.8) is 0 Å². The molecule has 5 rings (SSSR count). The quantitative estimate of drug-likeness (QED) is 0.318. The van der Waals surface area contributed by atoms with Crippen molar-refractivity contribution >= 4 is 33.7 Å². The number of nitrogens with one attached hydrogen (secondary N) is 1. The number of hydrogen-bond acceptors (Lipinski definition) is 8. The molecule has 0 aliphatic rings. The van der Waals surface area contributed by atoms with E-state index in [2.05, 4.69) is 25.3 Å². The third-order valence-electron chi connectivity index (χ3n) is 5.33. The van der Waals surface area contributed by atoms with E-state index in [1.165, 1.54) is 6.07 Å². The van der Waals surface area contributed by atoms with Gasteiger partial charge in [0.15, 0.2) is 0 Å². The summed E-state index contributed by atoms with van der Waals surface area (Å²) in [6, 6.07) is 12.3. The van der Waals surface area contributed by atoms with E-state index in [4.69, 9.17) is 10.5 Å². The number of benzene rings is 2. The number of nitrogen functional groups attached to an aromatic ring is 1. The summed E-state index contributed by atoms with van der Waals surface area (Å²) in [5.41, 5.74) is 9.20. The van der Waals surface area contributed by atoms with Gasteiger partial charge in [-0.2, -0.15) is 0 Å². The summed E-state index contributed by atoms with van der Waals surface area (Å²) in [5.74, 6) is 0.777. The van der Waals surface area contributed by atoms with Gasteiger partial charge >= 0.3 is 0 Å². The first kappa shape index (κ1) is 21.7. The van der Waals surface area contributed by atoms with Crippen LogP contribution in [0.25, 0.3) is 22.0 Å². The summed E-state index contributed by atoms with van der Waals surface area (Å²) in [6.07, 6.45) is 3.23. The number of fused-ring (bicyclic) bond motifs is 1. The van der Waals surface area contributed by atoms with Gasteiger partial charge in [-0.15, -0.1) is 11.3 Å². The molecule has 0 radical (unpaired) electrons. The third kappa shape index (κ3) is 4.25. The van der Waals surface area contributed by atoms with Crippen molar-refractivity contribution in [1.82, 2.24) is 19.9 Å². The number of aryl methyl sites for hydroxylation is 2. The summed E-state index contributed by atoms with van der Waals surface area (Å²) in [4.78, 5) is 17.1. The van der Waals surface area contributed by atoms with Gasteiger partial charge in [0.2, 0.25) is 11.8 Å². The molecule has 0 saturated heterocycles. The highest BCUT2D eigenvalue weighted by atomic mass is 32.1. The third-order valence-corrected chi connectivity index (χ3v) is 6.15. The van der Waals surface area contributed by atoms with Crippen LogP contribution in [-0.2, 0) is 6.54 Å². The molecule has 7 nitrogen and oxygen atoms in total. The van der Waals surface area contributed by atoms with Crippen LogP contribution in [0.4, 0.5) is 16.0 Å². The number of rotatable bonds is 6. The van der Waals surface area contributed by atoms with Gasteiger partial charge in [0.25, 0.3) is 0 Å². The SMILES string of the molecule is Cc1nc(CNc2c(F)ccc3c(Oc4ncccc4-c4ccnc(N)n4)c(C)ccc23)cs1. The molecule has 3 aromatic heterocycles. The molecule has 0 spiro atoms. The molecule has 0 bridgehead atoms. The highest BCUT2D eigenvalue weighted by Gasteiger charge is 2.17. The summed E-state index contributed by atoms with van der Waals surface area (Å²) in [7, 11) is 0. The maximum absolute atomic E-state index is 14.9. The van der Waals surface area contributed by atoms with Crippen molar-refractivity contribution in [2.45, 2.75) is 20.4 Å². The van der Waals surface area contributed by atoms with Gasteiger partial charge in [0, 0.05) is 28.5 Å². The zero-order valence-corrected chi connectivity index (χ0v) is 19.4. The molecular weight excluding hydrogens is 451 g/mol. The first-order valence-electron chi connectivity index (χ1n) is 10.6. The van der Waals surface area contributed by atoms with Gasteiger partial charge in [0.05, 0.1) is 34.2 Å². The Morgan fingerprint density at radius 2 is 1.85 bits per heavy atom. The Morgan fingerprint density at radius 1 is 1.00 bits per heavy atom. The Morgan fingerprint density at radius 3 is 2.65 bits per heavy atom. The summed E-state index contributed by atoms with van der Waals surface area (Å²) >= 11 is 1.56. The molecule has 2 aromatic carbocycles. The highest BCUT2D eigenvalue weighted by molar-refractivity contribution is 7.09. The molecule has 0 unspecified atom stereocenters. The maximum Gasteiger partial charge on any atom is 0.228 e. The molecule has 9 heteroatoms. The summed E-state index contributed by atoms with van der Waals surface area (Å²) in [6.45, 7) is 4.30. The van der Waals surface area contributed by atoms with E-state index in [0.717, 1.165) is 21.7 Å². The lowest BCUT2D eigenvalue weighted by Gasteiger charge is -2.16. The van der Waals surface area contributed by atoms with E-state index in [0.29, 0.717) is 40.5 Å². The van der Waals surface area contributed by atoms with Crippen molar-refractivity contribution in [1.29, 1.82) is 0 Å². The second-order valence-electron chi connectivity index (χ2n) is 7.70. The van der Waals surface area contributed by atoms with E-state index in [1.807, 2.05) is 37.4 Å². The minimum atomic E-state index is -0.343. The van der Waals surface area contributed by atoms with E-state index < -0.39 is 0 Å². The molecule has 0 aliphatic carbocycles. The fourth-order valence-electron chi connectivity index (χ4n) is 3.73. The minimum Gasteiger partial charge on any atom is -0.437 e.